The molecular weight excluding hydrogens is 248 g/mol. The Morgan fingerprint density at radius 1 is 1.56 bits per heavy atom. The highest BCUT2D eigenvalue weighted by Gasteiger charge is 2.16. The predicted octanol–water partition coefficient (Wildman–Crippen LogP) is 0.429. The summed E-state index contributed by atoms with van der Waals surface area (Å²) in [4.78, 5) is 21.1. The Morgan fingerprint density at radius 3 is 2.89 bits per heavy atom. The van der Waals surface area contributed by atoms with Gasteiger partial charge in [0.25, 0.3) is 5.91 Å². The van der Waals surface area contributed by atoms with Crippen molar-refractivity contribution in [3.05, 3.63) is 16.1 Å². The van der Waals surface area contributed by atoms with Crippen molar-refractivity contribution >= 4 is 17.2 Å². The molecule has 0 unspecified atom stereocenters. The van der Waals surface area contributed by atoms with Crippen LogP contribution in [0, 0.1) is 6.92 Å². The van der Waals surface area contributed by atoms with Gasteiger partial charge in [0.1, 0.15) is 4.88 Å². The Labute approximate surface area is 112 Å². The van der Waals surface area contributed by atoms with E-state index in [-0.39, 0.29) is 5.91 Å². The fraction of sp³-hybridized carbons (Fsp3) is 0.667. The minimum absolute atomic E-state index is 0.0794. The van der Waals surface area contributed by atoms with Crippen LogP contribution in [-0.4, -0.2) is 67.0 Å². The lowest BCUT2D eigenvalue weighted by Gasteiger charge is -2.28. The van der Waals surface area contributed by atoms with Gasteiger partial charge >= 0.3 is 0 Å². The van der Waals surface area contributed by atoms with Crippen LogP contribution in [0.15, 0.2) is 6.20 Å². The summed E-state index contributed by atoms with van der Waals surface area (Å²) in [7, 11) is 1.86. The van der Waals surface area contributed by atoms with Crippen molar-refractivity contribution in [2.45, 2.75) is 6.92 Å². The third-order valence-electron chi connectivity index (χ3n) is 3.14. The SMILES string of the molecule is Cc1ncc(C(=O)N(C)CCN2CCNCC2)s1. The van der Waals surface area contributed by atoms with Crippen molar-refractivity contribution in [3.8, 4) is 0 Å². The number of aromatic nitrogens is 1. The van der Waals surface area contributed by atoms with Crippen LogP contribution in [0.5, 0.6) is 0 Å². The highest BCUT2D eigenvalue weighted by atomic mass is 32.1. The number of rotatable bonds is 4. The van der Waals surface area contributed by atoms with Crippen LogP contribution in [-0.2, 0) is 0 Å². The molecule has 0 spiro atoms. The van der Waals surface area contributed by atoms with Gasteiger partial charge < -0.3 is 10.2 Å². The van der Waals surface area contributed by atoms with E-state index in [2.05, 4.69) is 15.2 Å². The van der Waals surface area contributed by atoms with E-state index in [0.717, 1.165) is 49.2 Å². The normalized spacial score (nSPS) is 16.8. The maximum atomic E-state index is 12.1. The fourth-order valence-electron chi connectivity index (χ4n) is 1.98. The molecule has 5 nitrogen and oxygen atoms in total. The number of thiazole rings is 1. The molecule has 2 rings (SSSR count). The third kappa shape index (κ3) is 3.51. The predicted molar refractivity (Wildman–Crippen MR) is 73.1 cm³/mol. The molecule has 0 atom stereocenters. The number of piperazine rings is 1. The molecule has 0 radical (unpaired) electrons. The van der Waals surface area contributed by atoms with Gasteiger partial charge in [-0.3, -0.25) is 9.69 Å². The summed E-state index contributed by atoms with van der Waals surface area (Å²) in [5.74, 6) is 0.0794. The Hall–Kier alpha value is -0.980. The summed E-state index contributed by atoms with van der Waals surface area (Å²) in [6.45, 7) is 7.88. The van der Waals surface area contributed by atoms with E-state index < -0.39 is 0 Å². The summed E-state index contributed by atoms with van der Waals surface area (Å²) < 4.78 is 0. The first-order chi connectivity index (χ1) is 8.66. The zero-order chi connectivity index (χ0) is 13.0. The van der Waals surface area contributed by atoms with E-state index in [1.165, 1.54) is 11.3 Å². The van der Waals surface area contributed by atoms with Crippen LogP contribution in [0.1, 0.15) is 14.7 Å². The Kier molecular flexibility index (Phi) is 4.68. The summed E-state index contributed by atoms with van der Waals surface area (Å²) in [5.41, 5.74) is 0. The number of amides is 1. The second-order valence-electron chi connectivity index (χ2n) is 4.56. The maximum Gasteiger partial charge on any atom is 0.265 e. The van der Waals surface area contributed by atoms with Crippen molar-refractivity contribution in [1.29, 1.82) is 0 Å². The van der Waals surface area contributed by atoms with E-state index in [1.807, 2.05) is 14.0 Å². The Balaban J connectivity index is 1.80. The quantitative estimate of drug-likeness (QED) is 0.860. The number of nitrogens with one attached hydrogen (secondary N) is 1. The lowest BCUT2D eigenvalue weighted by Crippen LogP contribution is -2.46. The summed E-state index contributed by atoms with van der Waals surface area (Å²) in [6.07, 6.45) is 1.67. The van der Waals surface area contributed by atoms with Gasteiger partial charge in [0.2, 0.25) is 0 Å². The second-order valence-corrected chi connectivity index (χ2v) is 5.80. The monoisotopic (exact) mass is 268 g/mol. The second kappa shape index (κ2) is 6.26. The van der Waals surface area contributed by atoms with Crippen LogP contribution in [0.25, 0.3) is 0 Å². The van der Waals surface area contributed by atoms with E-state index in [9.17, 15) is 4.79 Å². The van der Waals surface area contributed by atoms with Gasteiger partial charge in [0.15, 0.2) is 0 Å². The van der Waals surface area contributed by atoms with E-state index in [1.54, 1.807) is 11.1 Å². The van der Waals surface area contributed by atoms with Crippen LogP contribution in [0.2, 0.25) is 0 Å². The lowest BCUT2D eigenvalue weighted by molar-refractivity contribution is 0.0779. The van der Waals surface area contributed by atoms with Crippen molar-refractivity contribution < 1.29 is 4.79 Å². The number of nitrogens with zero attached hydrogens (tertiary/aromatic N) is 3. The van der Waals surface area contributed by atoms with Crippen molar-refractivity contribution in [2.75, 3.05) is 46.3 Å². The number of aryl methyl sites for hydroxylation is 1. The van der Waals surface area contributed by atoms with Crippen LogP contribution in [0.3, 0.4) is 0 Å². The van der Waals surface area contributed by atoms with Gasteiger partial charge in [-0.1, -0.05) is 0 Å². The minimum Gasteiger partial charge on any atom is -0.340 e. The average Bonchev–Trinajstić information content (AvgIpc) is 2.83. The molecule has 1 amide bonds. The van der Waals surface area contributed by atoms with Crippen LogP contribution < -0.4 is 5.32 Å². The molecule has 0 aliphatic carbocycles. The minimum atomic E-state index is 0.0794. The molecule has 1 saturated heterocycles. The molecule has 0 aromatic carbocycles. The number of carbonyl (C=O) groups is 1. The highest BCUT2D eigenvalue weighted by molar-refractivity contribution is 7.13. The lowest BCUT2D eigenvalue weighted by atomic mass is 10.3. The number of carbonyl (C=O) groups excluding carboxylic acids is 1. The highest BCUT2D eigenvalue weighted by Crippen LogP contribution is 2.13. The largest absolute Gasteiger partial charge is 0.340 e. The van der Waals surface area contributed by atoms with Gasteiger partial charge in [0.05, 0.1) is 11.2 Å². The molecular formula is C12H20N4OS. The molecule has 1 fully saturated rings. The molecule has 1 aromatic rings. The van der Waals surface area contributed by atoms with Crippen LogP contribution in [0.4, 0.5) is 0 Å². The van der Waals surface area contributed by atoms with Crippen molar-refractivity contribution in [2.24, 2.45) is 0 Å². The molecule has 18 heavy (non-hydrogen) atoms. The smallest absolute Gasteiger partial charge is 0.265 e. The molecule has 1 aromatic heterocycles. The molecule has 0 saturated carbocycles. The molecule has 1 aliphatic rings. The van der Waals surface area contributed by atoms with Gasteiger partial charge in [-0.05, 0) is 6.92 Å². The maximum absolute atomic E-state index is 12.1. The number of likely N-dealkylation sites (N-methyl/N-ethyl adjacent to an activating group) is 1. The van der Waals surface area contributed by atoms with E-state index >= 15 is 0 Å². The zero-order valence-electron chi connectivity index (χ0n) is 11.0. The Bertz CT molecular complexity index is 401. The van der Waals surface area contributed by atoms with Gasteiger partial charge in [0, 0.05) is 46.3 Å². The first-order valence-corrected chi connectivity index (χ1v) is 7.09. The molecule has 100 valence electrons. The van der Waals surface area contributed by atoms with E-state index in [4.69, 9.17) is 0 Å². The molecule has 6 heteroatoms. The summed E-state index contributed by atoms with van der Waals surface area (Å²) in [6, 6.07) is 0. The van der Waals surface area contributed by atoms with Crippen LogP contribution >= 0.6 is 11.3 Å². The zero-order valence-corrected chi connectivity index (χ0v) is 11.8. The Morgan fingerprint density at radius 2 is 2.28 bits per heavy atom. The topological polar surface area (TPSA) is 48.5 Å². The number of hydrogen-bond acceptors (Lipinski definition) is 5. The molecule has 2 heterocycles. The van der Waals surface area contributed by atoms with Crippen molar-refractivity contribution in [3.63, 3.8) is 0 Å². The molecule has 0 bridgehead atoms. The average molecular weight is 268 g/mol. The van der Waals surface area contributed by atoms with Gasteiger partial charge in [-0.15, -0.1) is 11.3 Å². The van der Waals surface area contributed by atoms with Gasteiger partial charge in [-0.2, -0.15) is 0 Å². The van der Waals surface area contributed by atoms with Crippen molar-refractivity contribution in [1.82, 2.24) is 20.1 Å². The standard InChI is InChI=1S/C12H20N4OS/c1-10-14-9-11(18-10)12(17)15(2)7-8-16-5-3-13-4-6-16/h9,13H,3-8H2,1-2H3. The molecule has 1 N–H and O–H groups in total. The third-order valence-corrected chi connectivity index (χ3v) is 4.04. The van der Waals surface area contributed by atoms with E-state index in [0.29, 0.717) is 0 Å². The van der Waals surface area contributed by atoms with Gasteiger partial charge in [-0.25, -0.2) is 4.98 Å². The number of hydrogen-bond donors (Lipinski definition) is 1. The summed E-state index contributed by atoms with van der Waals surface area (Å²) >= 11 is 1.46. The first kappa shape index (κ1) is 13.5. The molecule has 1 aliphatic heterocycles. The first-order valence-electron chi connectivity index (χ1n) is 6.28. The summed E-state index contributed by atoms with van der Waals surface area (Å²) in [5, 5.41) is 4.26. The fourth-order valence-corrected chi connectivity index (χ4v) is 2.75.